The van der Waals surface area contributed by atoms with Crippen LogP contribution in [0.5, 0.6) is 0 Å². The second-order valence-corrected chi connectivity index (χ2v) is 6.80. The van der Waals surface area contributed by atoms with Crippen LogP contribution in [0.15, 0.2) is 36.4 Å². The number of nitrogens with two attached hydrogens (primary N) is 1. The molecule has 27 heavy (non-hydrogen) atoms. The molecular formula is C21H21N5O. The van der Waals surface area contributed by atoms with Gasteiger partial charge in [-0.3, -0.25) is 16.1 Å². The lowest BCUT2D eigenvalue weighted by molar-refractivity contribution is 0.234. The number of hydroxylamine groups is 1. The fourth-order valence-electron chi connectivity index (χ4n) is 3.92. The molecule has 1 aliphatic rings. The van der Waals surface area contributed by atoms with Gasteiger partial charge in [0.1, 0.15) is 5.84 Å². The Morgan fingerprint density at radius 2 is 1.78 bits per heavy atom. The van der Waals surface area contributed by atoms with Gasteiger partial charge in [0.25, 0.3) is 0 Å². The van der Waals surface area contributed by atoms with Crippen molar-refractivity contribution in [1.82, 2.24) is 10.5 Å². The monoisotopic (exact) mass is 359 g/mol. The summed E-state index contributed by atoms with van der Waals surface area (Å²) in [6.07, 6.45) is 5.48. The molecule has 0 saturated heterocycles. The zero-order valence-corrected chi connectivity index (χ0v) is 14.8. The topological polar surface area (TPSA) is 119 Å². The maximum Gasteiger partial charge on any atom is 0.149 e. The van der Waals surface area contributed by atoms with Crippen LogP contribution < -0.4 is 11.2 Å². The summed E-state index contributed by atoms with van der Waals surface area (Å²) in [4.78, 5) is 4.93. The van der Waals surface area contributed by atoms with Crippen LogP contribution >= 0.6 is 0 Å². The highest BCUT2D eigenvalue weighted by Crippen LogP contribution is 2.37. The Balaban J connectivity index is 1.95. The number of hydrogen-bond donors (Lipinski definition) is 5. The van der Waals surface area contributed by atoms with E-state index < -0.39 is 0 Å². The molecule has 0 amide bonds. The summed E-state index contributed by atoms with van der Waals surface area (Å²) in [6, 6.07) is 11.2. The Morgan fingerprint density at radius 1 is 1.07 bits per heavy atom. The number of nitrogen functional groups attached to an aromatic ring is 1. The molecular weight excluding hydrogens is 338 g/mol. The first-order valence-corrected chi connectivity index (χ1v) is 8.98. The minimum atomic E-state index is -0.0406. The first kappa shape index (κ1) is 17.2. The van der Waals surface area contributed by atoms with Gasteiger partial charge in [-0.25, -0.2) is 4.98 Å². The number of fused-ring (bicyclic) bond motifs is 3. The van der Waals surface area contributed by atoms with Gasteiger partial charge in [0.2, 0.25) is 0 Å². The van der Waals surface area contributed by atoms with E-state index in [4.69, 9.17) is 26.7 Å². The van der Waals surface area contributed by atoms with Crippen LogP contribution in [-0.4, -0.2) is 22.2 Å². The maximum atomic E-state index is 8.91. The number of pyridine rings is 1. The second-order valence-electron chi connectivity index (χ2n) is 6.80. The van der Waals surface area contributed by atoms with E-state index in [0.717, 1.165) is 53.4 Å². The van der Waals surface area contributed by atoms with Gasteiger partial charge in [0, 0.05) is 34.0 Å². The summed E-state index contributed by atoms with van der Waals surface area (Å²) in [5, 5.41) is 25.4. The Kier molecular flexibility index (Phi) is 4.33. The average molecular weight is 359 g/mol. The number of aryl methyl sites for hydroxylation is 1. The van der Waals surface area contributed by atoms with E-state index in [1.807, 2.05) is 29.7 Å². The number of hydrogen-bond acceptors (Lipinski definition) is 5. The number of nitrogens with one attached hydrogen (secondary N) is 3. The smallest absolute Gasteiger partial charge is 0.149 e. The average Bonchev–Trinajstić information content (AvgIpc) is 2.72. The van der Waals surface area contributed by atoms with Crippen LogP contribution in [0.25, 0.3) is 22.2 Å². The lowest BCUT2D eigenvalue weighted by Crippen LogP contribution is -2.18. The van der Waals surface area contributed by atoms with Crippen LogP contribution in [0.2, 0.25) is 0 Å². The van der Waals surface area contributed by atoms with Crippen LogP contribution in [0, 0.1) is 10.8 Å². The van der Waals surface area contributed by atoms with Crippen molar-refractivity contribution in [3.8, 4) is 11.3 Å². The Morgan fingerprint density at radius 3 is 2.44 bits per heavy atom. The molecule has 0 atom stereocenters. The molecule has 6 heteroatoms. The van der Waals surface area contributed by atoms with Crippen LogP contribution in [0.4, 0.5) is 5.69 Å². The molecule has 0 saturated carbocycles. The third-order valence-electron chi connectivity index (χ3n) is 5.25. The zero-order valence-electron chi connectivity index (χ0n) is 14.8. The minimum absolute atomic E-state index is 0.0406. The van der Waals surface area contributed by atoms with Crippen molar-refractivity contribution < 1.29 is 5.21 Å². The Hall–Kier alpha value is -3.25. The molecule has 3 aromatic rings. The van der Waals surface area contributed by atoms with E-state index in [-0.39, 0.29) is 5.84 Å². The van der Waals surface area contributed by atoms with E-state index in [2.05, 4.69) is 0 Å². The van der Waals surface area contributed by atoms with Gasteiger partial charge < -0.3 is 11.1 Å². The SMILES string of the molecule is N=Cc1c(N)ccc2nc(-c3ccc(C(=N)NO)cc3)c3c(c12)CCCC3. The third-order valence-corrected chi connectivity index (χ3v) is 5.25. The fraction of sp³-hybridized carbons (Fsp3) is 0.190. The van der Waals surface area contributed by atoms with Gasteiger partial charge in [-0.1, -0.05) is 24.3 Å². The molecule has 2 aromatic carbocycles. The quantitative estimate of drug-likeness (QED) is 0.212. The first-order valence-electron chi connectivity index (χ1n) is 8.98. The van der Waals surface area contributed by atoms with Crippen molar-refractivity contribution in [2.45, 2.75) is 25.7 Å². The lowest BCUT2D eigenvalue weighted by Gasteiger charge is -2.23. The normalized spacial score (nSPS) is 13.2. The standard InChI is InChI=1S/C21H21N5O/c22-11-16-17(23)9-10-18-19(16)14-3-1-2-4-15(14)20(25-18)12-5-7-13(8-6-12)21(24)26-27/h5-11,22,27H,1-4,23H2,(H2,24,26). The summed E-state index contributed by atoms with van der Waals surface area (Å²) >= 11 is 0. The van der Waals surface area contributed by atoms with E-state index >= 15 is 0 Å². The van der Waals surface area contributed by atoms with Crippen molar-refractivity contribution in [3.63, 3.8) is 0 Å². The number of nitrogens with zero attached hydrogens (tertiary/aromatic N) is 1. The van der Waals surface area contributed by atoms with Crippen molar-refractivity contribution in [1.29, 1.82) is 10.8 Å². The van der Waals surface area contributed by atoms with E-state index in [9.17, 15) is 0 Å². The van der Waals surface area contributed by atoms with E-state index in [1.165, 1.54) is 17.3 Å². The van der Waals surface area contributed by atoms with E-state index in [0.29, 0.717) is 11.3 Å². The fourth-order valence-corrected chi connectivity index (χ4v) is 3.92. The molecule has 0 spiro atoms. The van der Waals surface area contributed by atoms with Crippen molar-refractivity contribution in [2.75, 3.05) is 5.73 Å². The van der Waals surface area contributed by atoms with Crippen molar-refractivity contribution in [3.05, 3.63) is 58.7 Å². The summed E-state index contributed by atoms with van der Waals surface area (Å²) in [6.45, 7) is 0. The second kappa shape index (κ2) is 6.81. The molecule has 6 nitrogen and oxygen atoms in total. The van der Waals surface area contributed by atoms with Gasteiger partial charge in [-0.05, 0) is 48.9 Å². The molecule has 0 radical (unpaired) electrons. The molecule has 0 fully saturated rings. The molecule has 6 N–H and O–H groups in total. The predicted molar refractivity (Wildman–Crippen MR) is 108 cm³/mol. The number of amidine groups is 1. The van der Waals surface area contributed by atoms with Gasteiger partial charge in [-0.2, -0.15) is 0 Å². The lowest BCUT2D eigenvalue weighted by atomic mass is 9.85. The van der Waals surface area contributed by atoms with Gasteiger partial charge in [0.05, 0.1) is 11.2 Å². The highest BCUT2D eigenvalue weighted by Gasteiger charge is 2.21. The Bertz CT molecular complexity index is 1060. The summed E-state index contributed by atoms with van der Waals surface area (Å²) in [5.74, 6) is -0.0406. The molecule has 0 bridgehead atoms. The molecule has 1 aliphatic carbocycles. The number of rotatable bonds is 3. The number of benzene rings is 2. The van der Waals surface area contributed by atoms with Crippen molar-refractivity contribution in [2.24, 2.45) is 0 Å². The maximum absolute atomic E-state index is 8.91. The van der Waals surface area contributed by atoms with Gasteiger partial charge in [0.15, 0.2) is 0 Å². The molecule has 1 heterocycles. The number of anilines is 1. The highest BCUT2D eigenvalue weighted by atomic mass is 16.5. The highest BCUT2D eigenvalue weighted by molar-refractivity contribution is 6.05. The zero-order chi connectivity index (χ0) is 19.0. The molecule has 1 aromatic heterocycles. The van der Waals surface area contributed by atoms with Crippen LogP contribution in [0.3, 0.4) is 0 Å². The third kappa shape index (κ3) is 2.84. The van der Waals surface area contributed by atoms with E-state index in [1.54, 1.807) is 12.1 Å². The first-order chi connectivity index (χ1) is 13.1. The minimum Gasteiger partial charge on any atom is -0.398 e. The van der Waals surface area contributed by atoms with Crippen LogP contribution in [0.1, 0.15) is 35.1 Å². The largest absolute Gasteiger partial charge is 0.398 e. The molecule has 0 aliphatic heterocycles. The predicted octanol–water partition coefficient (Wildman–Crippen LogP) is 3.66. The van der Waals surface area contributed by atoms with Crippen LogP contribution in [-0.2, 0) is 12.8 Å². The summed E-state index contributed by atoms with van der Waals surface area (Å²) in [7, 11) is 0. The van der Waals surface area contributed by atoms with Crippen molar-refractivity contribution >= 4 is 28.6 Å². The summed E-state index contributed by atoms with van der Waals surface area (Å²) < 4.78 is 0. The van der Waals surface area contributed by atoms with Gasteiger partial charge in [-0.15, -0.1) is 0 Å². The molecule has 136 valence electrons. The number of aromatic nitrogens is 1. The molecule has 4 rings (SSSR count). The van der Waals surface area contributed by atoms with Gasteiger partial charge >= 0.3 is 0 Å². The summed E-state index contributed by atoms with van der Waals surface area (Å²) in [5.41, 5.74) is 15.2. The Labute approximate surface area is 157 Å². The molecule has 0 unspecified atom stereocenters.